The van der Waals surface area contributed by atoms with Crippen molar-refractivity contribution in [3.63, 3.8) is 0 Å². The smallest absolute Gasteiger partial charge is 0.119 e. The van der Waals surface area contributed by atoms with Crippen LogP contribution in [0.3, 0.4) is 0 Å². The number of halogens is 2. The molecule has 2 aromatic rings. The molecule has 0 amide bonds. The molecule has 0 radical (unpaired) electrons. The second kappa shape index (κ2) is 6.45. The van der Waals surface area contributed by atoms with Crippen molar-refractivity contribution in [2.24, 2.45) is 0 Å². The van der Waals surface area contributed by atoms with Gasteiger partial charge < -0.3 is 9.84 Å². The van der Waals surface area contributed by atoms with Gasteiger partial charge in [-0.3, -0.25) is 0 Å². The minimum absolute atomic E-state index is 0.519. The Kier molecular flexibility index (Phi) is 5.09. The topological polar surface area (TPSA) is 29.5 Å². The van der Waals surface area contributed by atoms with Gasteiger partial charge in [-0.2, -0.15) is 0 Å². The lowest BCUT2D eigenvalue weighted by atomic mass is 9.89. The van der Waals surface area contributed by atoms with E-state index in [1.165, 1.54) is 0 Å². The van der Waals surface area contributed by atoms with Crippen LogP contribution in [0.25, 0.3) is 0 Å². The second-order valence-corrected chi connectivity index (χ2v) is 7.01. The predicted molar refractivity (Wildman–Crippen MR) is 93.1 cm³/mol. The highest BCUT2D eigenvalue weighted by Gasteiger charge is 2.24. The Morgan fingerprint density at radius 1 is 1.20 bits per heavy atom. The van der Waals surface area contributed by atoms with E-state index < -0.39 is 5.60 Å². The van der Waals surface area contributed by atoms with E-state index in [1.54, 1.807) is 7.11 Å². The minimum atomic E-state index is -0.917. The molecule has 106 valence electrons. The van der Waals surface area contributed by atoms with Gasteiger partial charge in [-0.15, -0.1) is 0 Å². The molecule has 20 heavy (non-hydrogen) atoms. The lowest BCUT2D eigenvalue weighted by molar-refractivity contribution is 0.0574. The van der Waals surface area contributed by atoms with Crippen LogP contribution in [0, 0.1) is 3.57 Å². The highest BCUT2D eigenvalue weighted by molar-refractivity contribution is 14.1. The molecule has 0 heterocycles. The fourth-order valence-corrected chi connectivity index (χ4v) is 2.84. The summed E-state index contributed by atoms with van der Waals surface area (Å²) in [6, 6.07) is 13.7. The van der Waals surface area contributed by atoms with Crippen LogP contribution in [-0.2, 0) is 12.0 Å². The van der Waals surface area contributed by atoms with Crippen molar-refractivity contribution in [1.29, 1.82) is 0 Å². The van der Waals surface area contributed by atoms with E-state index in [-0.39, 0.29) is 0 Å². The third kappa shape index (κ3) is 3.74. The van der Waals surface area contributed by atoms with Crippen LogP contribution in [0.1, 0.15) is 18.1 Å². The number of ether oxygens (including phenoxy) is 1. The average Bonchev–Trinajstić information content (AvgIpc) is 2.41. The SMILES string of the molecule is COc1ccc(Br)c(CC(C)(O)c2ccc(I)cc2)c1. The normalized spacial score (nSPS) is 13.8. The second-order valence-electron chi connectivity index (χ2n) is 4.91. The van der Waals surface area contributed by atoms with Gasteiger partial charge in [-0.25, -0.2) is 0 Å². The third-order valence-corrected chi connectivity index (χ3v) is 4.75. The molecular weight excluding hydrogens is 431 g/mol. The fraction of sp³-hybridized carbons (Fsp3) is 0.250. The Bertz CT molecular complexity index is 594. The molecule has 2 rings (SSSR count). The van der Waals surface area contributed by atoms with Crippen molar-refractivity contribution >= 4 is 38.5 Å². The lowest BCUT2D eigenvalue weighted by Crippen LogP contribution is -2.24. The average molecular weight is 447 g/mol. The van der Waals surface area contributed by atoms with Gasteiger partial charge in [-0.05, 0) is 71.0 Å². The summed E-state index contributed by atoms with van der Waals surface area (Å²) >= 11 is 5.79. The molecule has 1 atom stereocenters. The zero-order valence-electron chi connectivity index (χ0n) is 11.4. The van der Waals surface area contributed by atoms with Gasteiger partial charge in [0.15, 0.2) is 0 Å². The molecule has 0 saturated heterocycles. The molecule has 2 aromatic carbocycles. The maximum absolute atomic E-state index is 10.8. The van der Waals surface area contributed by atoms with Crippen LogP contribution >= 0.6 is 38.5 Å². The number of benzene rings is 2. The van der Waals surface area contributed by atoms with Crippen LogP contribution in [0.4, 0.5) is 0 Å². The Morgan fingerprint density at radius 3 is 2.45 bits per heavy atom. The molecule has 1 N–H and O–H groups in total. The van der Waals surface area contributed by atoms with Crippen molar-refractivity contribution in [2.75, 3.05) is 7.11 Å². The summed E-state index contributed by atoms with van der Waals surface area (Å²) in [5, 5.41) is 10.8. The molecule has 4 heteroatoms. The van der Waals surface area contributed by atoms with E-state index in [4.69, 9.17) is 4.74 Å². The van der Waals surface area contributed by atoms with Crippen LogP contribution in [0.2, 0.25) is 0 Å². The quantitative estimate of drug-likeness (QED) is 0.700. The lowest BCUT2D eigenvalue weighted by Gasteiger charge is -2.25. The van der Waals surface area contributed by atoms with Crippen LogP contribution in [-0.4, -0.2) is 12.2 Å². The van der Waals surface area contributed by atoms with Gasteiger partial charge in [0, 0.05) is 14.5 Å². The highest BCUT2D eigenvalue weighted by Crippen LogP contribution is 2.31. The van der Waals surface area contributed by atoms with Crippen molar-refractivity contribution in [2.45, 2.75) is 18.9 Å². The first-order valence-electron chi connectivity index (χ1n) is 6.23. The van der Waals surface area contributed by atoms with Crippen LogP contribution in [0.5, 0.6) is 5.75 Å². The van der Waals surface area contributed by atoms with Crippen molar-refractivity contribution in [3.05, 3.63) is 61.6 Å². The van der Waals surface area contributed by atoms with Crippen molar-refractivity contribution in [3.8, 4) is 5.75 Å². The van der Waals surface area contributed by atoms with E-state index in [1.807, 2.05) is 49.4 Å². The minimum Gasteiger partial charge on any atom is -0.497 e. The Balaban J connectivity index is 2.29. The maximum Gasteiger partial charge on any atom is 0.119 e. The molecule has 2 nitrogen and oxygen atoms in total. The molecule has 0 fully saturated rings. The zero-order chi connectivity index (χ0) is 14.8. The summed E-state index contributed by atoms with van der Waals surface area (Å²) in [6.07, 6.45) is 0.519. The first kappa shape index (κ1) is 15.8. The van der Waals surface area contributed by atoms with Gasteiger partial charge in [0.05, 0.1) is 12.7 Å². The number of hydrogen-bond donors (Lipinski definition) is 1. The number of rotatable bonds is 4. The largest absolute Gasteiger partial charge is 0.497 e. The van der Waals surface area contributed by atoms with Gasteiger partial charge >= 0.3 is 0 Å². The number of aliphatic hydroxyl groups is 1. The first-order valence-corrected chi connectivity index (χ1v) is 8.10. The van der Waals surface area contributed by atoms with Crippen molar-refractivity contribution in [1.82, 2.24) is 0 Å². The molecule has 0 spiro atoms. The highest BCUT2D eigenvalue weighted by atomic mass is 127. The third-order valence-electron chi connectivity index (χ3n) is 3.25. The van der Waals surface area contributed by atoms with E-state index in [0.717, 1.165) is 24.9 Å². The predicted octanol–water partition coefficient (Wildman–Crippen LogP) is 4.51. The van der Waals surface area contributed by atoms with Crippen LogP contribution in [0.15, 0.2) is 46.9 Å². The standard InChI is InChI=1S/C16H16BrIO2/c1-16(19,12-3-5-13(18)6-4-12)10-11-9-14(20-2)7-8-15(11)17/h3-9,19H,10H2,1-2H3. The molecule has 1 unspecified atom stereocenters. The summed E-state index contributed by atoms with van der Waals surface area (Å²) in [6.45, 7) is 1.83. The summed E-state index contributed by atoms with van der Waals surface area (Å²) < 4.78 is 7.38. The van der Waals surface area contributed by atoms with Gasteiger partial charge in [0.25, 0.3) is 0 Å². The fourth-order valence-electron chi connectivity index (χ4n) is 2.10. The molecule has 0 aliphatic rings. The Hall–Kier alpha value is -0.590. The van der Waals surface area contributed by atoms with E-state index in [9.17, 15) is 5.11 Å². The van der Waals surface area contributed by atoms with Crippen molar-refractivity contribution < 1.29 is 9.84 Å². The molecular formula is C16H16BrIO2. The summed E-state index contributed by atoms with van der Waals surface area (Å²) in [5.74, 6) is 0.793. The van der Waals surface area contributed by atoms with Gasteiger partial charge in [-0.1, -0.05) is 28.1 Å². The number of methoxy groups -OCH3 is 1. The summed E-state index contributed by atoms with van der Waals surface area (Å²) in [5.41, 5.74) is 1.01. The van der Waals surface area contributed by atoms with E-state index >= 15 is 0 Å². The molecule has 0 bridgehead atoms. The Morgan fingerprint density at radius 2 is 1.85 bits per heavy atom. The molecule has 0 aliphatic carbocycles. The van der Waals surface area contributed by atoms with Crippen LogP contribution < -0.4 is 4.74 Å². The monoisotopic (exact) mass is 446 g/mol. The summed E-state index contributed by atoms with van der Waals surface area (Å²) in [4.78, 5) is 0. The first-order chi connectivity index (χ1) is 9.42. The summed E-state index contributed by atoms with van der Waals surface area (Å²) in [7, 11) is 1.64. The Labute approximate surface area is 141 Å². The molecule has 0 aliphatic heterocycles. The van der Waals surface area contributed by atoms with Gasteiger partial charge in [0.1, 0.15) is 5.75 Å². The zero-order valence-corrected chi connectivity index (χ0v) is 15.1. The van der Waals surface area contributed by atoms with Gasteiger partial charge in [0.2, 0.25) is 0 Å². The molecule has 0 aromatic heterocycles. The van der Waals surface area contributed by atoms with E-state index in [2.05, 4.69) is 38.5 Å². The maximum atomic E-state index is 10.8. The number of hydrogen-bond acceptors (Lipinski definition) is 2. The molecule has 0 saturated carbocycles. The van der Waals surface area contributed by atoms with E-state index in [0.29, 0.717) is 6.42 Å².